The maximum atomic E-state index is 5.44. The van der Waals surface area contributed by atoms with Gasteiger partial charge < -0.3 is 12.4 Å². The molecule has 1 fully saturated rings. The molecule has 15 heavy (non-hydrogen) atoms. The van der Waals surface area contributed by atoms with Gasteiger partial charge in [-0.3, -0.25) is 0 Å². The number of benzene rings is 1. The first-order chi connectivity index (χ1) is 6.90. The first kappa shape index (κ1) is 13.2. The zero-order valence-corrected chi connectivity index (χ0v) is 12.1. The van der Waals surface area contributed by atoms with E-state index in [2.05, 4.69) is 24.3 Å². The van der Waals surface area contributed by atoms with Crippen LogP contribution in [0.25, 0.3) is 0 Å². The monoisotopic (exact) mass is 342 g/mol. The normalized spacial score (nSPS) is 16.1. The summed E-state index contributed by atoms with van der Waals surface area (Å²) < 4.78 is 10.2. The minimum Gasteiger partial charge on any atom is -1.00 e. The Bertz CT molecular complexity index is 280. The average Bonchev–Trinajstić information content (AvgIpc) is 2.72. The summed E-state index contributed by atoms with van der Waals surface area (Å²) in [6, 6.07) is 8.87. The standard InChI is InChI=1S/C12H17OTe.ClH/c1-2-13-11-5-7-12(8-6-11)14-9-3-4-10-14;/h5-8H,2-4,9-10H2,1H3;1H/q+1;/p-1. The van der Waals surface area contributed by atoms with Gasteiger partial charge in [-0.1, -0.05) is 0 Å². The molecule has 0 spiro atoms. The number of rotatable bonds is 3. The average molecular weight is 340 g/mol. The summed E-state index contributed by atoms with van der Waals surface area (Å²) in [4.78, 5) is 0. The van der Waals surface area contributed by atoms with Crippen molar-refractivity contribution in [3.05, 3.63) is 24.3 Å². The zero-order valence-electron chi connectivity index (χ0n) is 9.04. The Kier molecular flexibility index (Phi) is 5.82. The summed E-state index contributed by atoms with van der Waals surface area (Å²) >= 11 is -0.837. The minimum absolute atomic E-state index is 0. The predicted octanol–water partition coefficient (Wildman–Crippen LogP) is -0.415. The Morgan fingerprint density at radius 1 is 1.13 bits per heavy atom. The van der Waals surface area contributed by atoms with Crippen molar-refractivity contribution in [2.75, 3.05) is 6.61 Å². The Labute approximate surface area is 105 Å². The van der Waals surface area contributed by atoms with Crippen molar-refractivity contribution in [1.29, 1.82) is 0 Å². The quantitative estimate of drug-likeness (QED) is 0.680. The Morgan fingerprint density at radius 2 is 1.73 bits per heavy atom. The van der Waals surface area contributed by atoms with E-state index in [1.165, 1.54) is 21.8 Å². The molecule has 0 unspecified atom stereocenters. The summed E-state index contributed by atoms with van der Waals surface area (Å²) in [6.45, 7) is 2.80. The van der Waals surface area contributed by atoms with Crippen LogP contribution in [-0.2, 0) is 0 Å². The Balaban J connectivity index is 0.00000112. The van der Waals surface area contributed by atoms with Crippen LogP contribution in [0.15, 0.2) is 24.3 Å². The maximum absolute atomic E-state index is 5.44. The zero-order chi connectivity index (χ0) is 9.80. The molecule has 0 amide bonds. The Morgan fingerprint density at radius 3 is 2.27 bits per heavy atom. The fourth-order valence-corrected chi connectivity index (χ4v) is 8.35. The second-order valence-electron chi connectivity index (χ2n) is 3.51. The van der Waals surface area contributed by atoms with Crippen LogP contribution in [-0.4, -0.2) is 26.2 Å². The predicted molar refractivity (Wildman–Crippen MR) is 61.8 cm³/mol. The van der Waals surface area contributed by atoms with E-state index >= 15 is 0 Å². The molecule has 1 heterocycles. The van der Waals surface area contributed by atoms with Crippen LogP contribution >= 0.6 is 0 Å². The van der Waals surface area contributed by atoms with E-state index in [0.717, 1.165) is 12.4 Å². The van der Waals surface area contributed by atoms with Crippen molar-refractivity contribution < 1.29 is 17.1 Å². The van der Waals surface area contributed by atoms with E-state index in [1.807, 2.05) is 6.92 Å². The van der Waals surface area contributed by atoms with Crippen LogP contribution in [0.3, 0.4) is 0 Å². The minimum atomic E-state index is -0.837. The van der Waals surface area contributed by atoms with Crippen molar-refractivity contribution in [1.82, 2.24) is 0 Å². The van der Waals surface area contributed by atoms with Gasteiger partial charge in [0, 0.05) is 0 Å². The smallest absolute Gasteiger partial charge is 1.00 e. The molecule has 0 atom stereocenters. The molecule has 3 heteroatoms. The number of hydrogen-bond donors (Lipinski definition) is 0. The molecule has 0 bridgehead atoms. The summed E-state index contributed by atoms with van der Waals surface area (Å²) in [7, 11) is 0. The second kappa shape index (κ2) is 6.63. The van der Waals surface area contributed by atoms with Crippen molar-refractivity contribution >= 4 is 23.2 Å². The van der Waals surface area contributed by atoms with E-state index in [-0.39, 0.29) is 12.4 Å². The van der Waals surface area contributed by atoms with Crippen molar-refractivity contribution in [2.45, 2.75) is 28.7 Å². The molecule has 1 aromatic rings. The third kappa shape index (κ3) is 3.55. The van der Waals surface area contributed by atoms with Gasteiger partial charge in [0.25, 0.3) is 0 Å². The van der Waals surface area contributed by atoms with E-state index in [1.54, 1.807) is 3.61 Å². The van der Waals surface area contributed by atoms with E-state index in [9.17, 15) is 0 Å². The summed E-state index contributed by atoms with van der Waals surface area (Å²) in [5.41, 5.74) is 0. The SMILES string of the molecule is CCOc1ccc([Te+]2CCCC2)cc1.[Cl-]. The molecule has 1 aliphatic heterocycles. The van der Waals surface area contributed by atoms with Gasteiger partial charge in [0.15, 0.2) is 0 Å². The number of ether oxygens (including phenoxy) is 1. The van der Waals surface area contributed by atoms with Crippen molar-refractivity contribution in [3.8, 4) is 5.75 Å². The molecule has 0 aliphatic carbocycles. The number of halogens is 1. The third-order valence-electron chi connectivity index (χ3n) is 2.50. The van der Waals surface area contributed by atoms with Crippen molar-refractivity contribution in [3.63, 3.8) is 0 Å². The fraction of sp³-hybridized carbons (Fsp3) is 0.500. The van der Waals surface area contributed by atoms with Gasteiger partial charge in [0.2, 0.25) is 0 Å². The summed E-state index contributed by atoms with van der Waals surface area (Å²) in [5.74, 6) is 1.02. The van der Waals surface area contributed by atoms with Crippen LogP contribution in [0.1, 0.15) is 19.8 Å². The summed E-state index contributed by atoms with van der Waals surface area (Å²) in [6.07, 6.45) is 2.95. The van der Waals surface area contributed by atoms with Crippen LogP contribution in [0.2, 0.25) is 8.94 Å². The van der Waals surface area contributed by atoms with Gasteiger partial charge in [0.05, 0.1) is 0 Å². The molecule has 0 saturated carbocycles. The van der Waals surface area contributed by atoms with Gasteiger partial charge in [0.1, 0.15) is 0 Å². The molecule has 0 radical (unpaired) electrons. The topological polar surface area (TPSA) is 9.23 Å². The first-order valence-electron chi connectivity index (χ1n) is 5.30. The molecule has 1 aromatic carbocycles. The molecule has 84 valence electrons. The Hall–Kier alpha value is 0.0996. The van der Waals surface area contributed by atoms with E-state index in [4.69, 9.17) is 4.74 Å². The van der Waals surface area contributed by atoms with Gasteiger partial charge in [-0.2, -0.15) is 0 Å². The van der Waals surface area contributed by atoms with Gasteiger partial charge in [-0.15, -0.1) is 0 Å². The fourth-order valence-electron chi connectivity index (χ4n) is 1.79. The van der Waals surface area contributed by atoms with Crippen LogP contribution in [0.4, 0.5) is 0 Å². The third-order valence-corrected chi connectivity index (χ3v) is 9.64. The van der Waals surface area contributed by atoms with Gasteiger partial charge >= 0.3 is 93.2 Å². The molecular formula is C12H17ClOTe. The van der Waals surface area contributed by atoms with E-state index < -0.39 is 19.6 Å². The van der Waals surface area contributed by atoms with Gasteiger partial charge in [-0.25, -0.2) is 0 Å². The largest absolute Gasteiger partial charge is 1.00 e. The molecule has 1 saturated heterocycles. The van der Waals surface area contributed by atoms with E-state index in [0.29, 0.717) is 0 Å². The van der Waals surface area contributed by atoms with Gasteiger partial charge in [-0.05, 0) is 0 Å². The molecule has 1 nitrogen and oxygen atoms in total. The second-order valence-corrected chi connectivity index (χ2v) is 10.0. The first-order valence-corrected chi connectivity index (χ1v) is 9.76. The molecule has 0 aromatic heterocycles. The summed E-state index contributed by atoms with van der Waals surface area (Å²) in [5, 5.41) is 0. The molecule has 0 N–H and O–H groups in total. The molecule has 1 aliphatic rings. The maximum Gasteiger partial charge on any atom is -1.00 e. The van der Waals surface area contributed by atoms with Crippen LogP contribution in [0.5, 0.6) is 5.75 Å². The number of hydrogen-bond acceptors (Lipinski definition) is 1. The van der Waals surface area contributed by atoms with Crippen molar-refractivity contribution in [2.24, 2.45) is 0 Å². The molecular weight excluding hydrogens is 323 g/mol. The molecule has 2 rings (SSSR count). The van der Waals surface area contributed by atoms with Crippen LogP contribution < -0.4 is 20.8 Å². The van der Waals surface area contributed by atoms with Crippen LogP contribution in [0, 0.1) is 0 Å².